The summed E-state index contributed by atoms with van der Waals surface area (Å²) in [7, 11) is 1.67. The molecule has 3 aromatic rings. The molecule has 6 nitrogen and oxygen atoms in total. The molecule has 0 saturated heterocycles. The molecule has 0 fully saturated rings. The summed E-state index contributed by atoms with van der Waals surface area (Å²) in [5.74, 6) is -2.07. The third kappa shape index (κ3) is 3.42. The van der Waals surface area contributed by atoms with E-state index in [-0.39, 0.29) is 15.6 Å². The van der Waals surface area contributed by atoms with E-state index in [4.69, 9.17) is 5.11 Å². The molecular weight excluding hydrogens is 350 g/mol. The number of pyridine rings is 1. The van der Waals surface area contributed by atoms with E-state index in [0.717, 1.165) is 23.9 Å². The molecule has 0 aliphatic carbocycles. The minimum atomic E-state index is -0.910. The summed E-state index contributed by atoms with van der Waals surface area (Å²) in [6, 6.07) is 5.32. The Kier molecular flexibility index (Phi) is 4.86. The highest BCUT2D eigenvalue weighted by Crippen LogP contribution is 2.33. The number of carbonyl (C=O) groups is 1. The molecule has 0 radical (unpaired) electrons. The Labute approximate surface area is 145 Å². The SMILES string of the molecule is Cn1c(Sc2c(F)cc(C(=O)CO)cc2F)nnc1-c1cccnc1. The van der Waals surface area contributed by atoms with Crippen LogP contribution in [0.4, 0.5) is 8.78 Å². The summed E-state index contributed by atoms with van der Waals surface area (Å²) >= 11 is 0.756. The van der Waals surface area contributed by atoms with Gasteiger partial charge in [-0.3, -0.25) is 9.78 Å². The van der Waals surface area contributed by atoms with E-state index in [1.807, 2.05) is 0 Å². The molecule has 25 heavy (non-hydrogen) atoms. The number of aromatic nitrogens is 4. The standard InChI is InChI=1S/C16H12F2N4O2S/c1-22-15(9-3-2-4-19-7-9)20-21-16(22)25-14-11(17)5-10(6-12(14)18)13(24)8-23/h2-7,23H,8H2,1H3. The molecule has 0 bridgehead atoms. The van der Waals surface area contributed by atoms with Gasteiger partial charge in [-0.2, -0.15) is 0 Å². The zero-order chi connectivity index (χ0) is 18.0. The van der Waals surface area contributed by atoms with Gasteiger partial charge in [0.05, 0.1) is 4.90 Å². The third-order valence-corrected chi connectivity index (χ3v) is 4.54. The first-order chi connectivity index (χ1) is 12.0. The van der Waals surface area contributed by atoms with Crippen molar-refractivity contribution >= 4 is 17.5 Å². The Morgan fingerprint density at radius 3 is 2.60 bits per heavy atom. The van der Waals surface area contributed by atoms with Crippen LogP contribution in [0.2, 0.25) is 0 Å². The number of carbonyl (C=O) groups excluding carboxylic acids is 1. The van der Waals surface area contributed by atoms with Crippen LogP contribution >= 0.6 is 11.8 Å². The van der Waals surface area contributed by atoms with Gasteiger partial charge >= 0.3 is 0 Å². The second-order valence-corrected chi connectivity index (χ2v) is 6.04. The van der Waals surface area contributed by atoms with Crippen molar-refractivity contribution < 1.29 is 18.7 Å². The van der Waals surface area contributed by atoms with E-state index < -0.39 is 24.0 Å². The van der Waals surface area contributed by atoms with E-state index in [2.05, 4.69) is 15.2 Å². The van der Waals surface area contributed by atoms with Crippen molar-refractivity contribution in [2.75, 3.05) is 6.61 Å². The maximum atomic E-state index is 14.2. The van der Waals surface area contributed by atoms with E-state index in [9.17, 15) is 13.6 Å². The Morgan fingerprint density at radius 2 is 2.00 bits per heavy atom. The third-order valence-electron chi connectivity index (χ3n) is 3.41. The number of Topliss-reactive ketones (excluding diaryl/α,β-unsaturated/α-hetero) is 1. The summed E-state index contributed by atoms with van der Waals surface area (Å²) < 4.78 is 30.0. The van der Waals surface area contributed by atoms with Gasteiger partial charge in [0, 0.05) is 30.6 Å². The summed E-state index contributed by atoms with van der Waals surface area (Å²) in [6.45, 7) is -0.816. The van der Waals surface area contributed by atoms with Gasteiger partial charge in [0.1, 0.15) is 18.2 Å². The Balaban J connectivity index is 1.94. The fourth-order valence-corrected chi connectivity index (χ4v) is 2.95. The highest BCUT2D eigenvalue weighted by molar-refractivity contribution is 7.99. The first-order valence-electron chi connectivity index (χ1n) is 7.12. The molecular formula is C16H12F2N4O2S. The maximum Gasteiger partial charge on any atom is 0.196 e. The topological polar surface area (TPSA) is 80.9 Å². The van der Waals surface area contributed by atoms with Crippen LogP contribution in [0.3, 0.4) is 0 Å². The molecule has 1 aromatic carbocycles. The van der Waals surface area contributed by atoms with E-state index in [1.165, 1.54) is 0 Å². The van der Waals surface area contributed by atoms with Gasteiger partial charge < -0.3 is 9.67 Å². The number of aliphatic hydroxyl groups excluding tert-OH is 1. The van der Waals surface area contributed by atoms with Gasteiger partial charge in [-0.05, 0) is 36.0 Å². The van der Waals surface area contributed by atoms with Crippen LogP contribution in [-0.4, -0.2) is 37.2 Å². The second-order valence-electron chi connectivity index (χ2n) is 5.06. The summed E-state index contributed by atoms with van der Waals surface area (Å²) in [4.78, 5) is 15.1. The first kappa shape index (κ1) is 17.2. The van der Waals surface area contributed by atoms with Crippen LogP contribution in [0.1, 0.15) is 10.4 Å². The number of hydrogen-bond donors (Lipinski definition) is 1. The van der Waals surface area contributed by atoms with E-state index in [0.29, 0.717) is 11.4 Å². The predicted octanol–water partition coefficient (Wildman–Crippen LogP) is 2.48. The molecule has 0 aliphatic rings. The fourth-order valence-electron chi connectivity index (χ4n) is 2.15. The summed E-state index contributed by atoms with van der Waals surface area (Å²) in [5, 5.41) is 17.0. The zero-order valence-corrected chi connectivity index (χ0v) is 13.8. The minimum Gasteiger partial charge on any atom is -0.388 e. The lowest BCUT2D eigenvalue weighted by Gasteiger charge is -2.07. The molecule has 0 unspecified atom stereocenters. The van der Waals surface area contributed by atoms with Crippen molar-refractivity contribution in [2.45, 2.75) is 10.1 Å². The summed E-state index contributed by atoms with van der Waals surface area (Å²) in [6.07, 6.45) is 3.23. The largest absolute Gasteiger partial charge is 0.388 e. The summed E-state index contributed by atoms with van der Waals surface area (Å²) in [5.41, 5.74) is 0.491. The maximum absolute atomic E-state index is 14.2. The molecule has 0 atom stereocenters. The van der Waals surface area contributed by atoms with Gasteiger partial charge in [0.2, 0.25) is 0 Å². The molecule has 0 spiro atoms. The molecule has 0 saturated carbocycles. The first-order valence-corrected chi connectivity index (χ1v) is 7.93. The number of benzene rings is 1. The second kappa shape index (κ2) is 7.08. The molecule has 2 heterocycles. The number of ketones is 1. The Hall–Kier alpha value is -2.65. The van der Waals surface area contributed by atoms with Gasteiger partial charge in [0.15, 0.2) is 16.8 Å². The molecule has 0 aliphatic heterocycles. The quantitative estimate of drug-likeness (QED) is 0.703. The average Bonchev–Trinajstić information content (AvgIpc) is 2.98. The van der Waals surface area contributed by atoms with Gasteiger partial charge in [0.25, 0.3) is 0 Å². The number of nitrogens with zero attached hydrogens (tertiary/aromatic N) is 4. The highest BCUT2D eigenvalue weighted by Gasteiger charge is 2.19. The van der Waals surface area contributed by atoms with Crippen LogP contribution in [0, 0.1) is 11.6 Å². The van der Waals surface area contributed by atoms with Crippen LogP contribution in [-0.2, 0) is 7.05 Å². The van der Waals surface area contributed by atoms with Gasteiger partial charge in [-0.1, -0.05) is 0 Å². The number of aliphatic hydroxyl groups is 1. The van der Waals surface area contributed by atoms with Crippen LogP contribution in [0.25, 0.3) is 11.4 Å². The lowest BCUT2D eigenvalue weighted by molar-refractivity contribution is 0.0902. The lowest BCUT2D eigenvalue weighted by atomic mass is 10.1. The van der Waals surface area contributed by atoms with Gasteiger partial charge in [-0.25, -0.2) is 8.78 Å². The van der Waals surface area contributed by atoms with Gasteiger partial charge in [-0.15, -0.1) is 10.2 Å². The lowest BCUT2D eigenvalue weighted by Crippen LogP contribution is -2.06. The Morgan fingerprint density at radius 1 is 1.28 bits per heavy atom. The van der Waals surface area contributed by atoms with E-state index >= 15 is 0 Å². The highest BCUT2D eigenvalue weighted by atomic mass is 32.2. The monoisotopic (exact) mass is 362 g/mol. The van der Waals surface area contributed by atoms with Crippen molar-refractivity contribution in [1.82, 2.24) is 19.7 Å². The minimum absolute atomic E-state index is 0.226. The smallest absolute Gasteiger partial charge is 0.196 e. The zero-order valence-electron chi connectivity index (χ0n) is 13.0. The molecule has 2 aromatic heterocycles. The fraction of sp³-hybridized carbons (Fsp3) is 0.125. The van der Waals surface area contributed by atoms with Crippen molar-refractivity contribution in [3.63, 3.8) is 0 Å². The number of hydrogen-bond acceptors (Lipinski definition) is 6. The van der Waals surface area contributed by atoms with E-state index in [1.54, 1.807) is 36.1 Å². The molecule has 0 amide bonds. The number of rotatable bonds is 5. The normalized spacial score (nSPS) is 10.9. The van der Waals surface area contributed by atoms with Crippen LogP contribution < -0.4 is 0 Å². The van der Waals surface area contributed by atoms with Crippen LogP contribution in [0.5, 0.6) is 0 Å². The van der Waals surface area contributed by atoms with Crippen molar-refractivity contribution in [2.24, 2.45) is 7.05 Å². The molecule has 128 valence electrons. The van der Waals surface area contributed by atoms with Crippen molar-refractivity contribution in [3.05, 3.63) is 53.9 Å². The number of halogens is 2. The molecule has 1 N–H and O–H groups in total. The molecule has 3 rings (SSSR count). The van der Waals surface area contributed by atoms with Crippen molar-refractivity contribution in [1.29, 1.82) is 0 Å². The van der Waals surface area contributed by atoms with Crippen LogP contribution in [0.15, 0.2) is 46.7 Å². The Bertz CT molecular complexity index is 908. The van der Waals surface area contributed by atoms with Crippen molar-refractivity contribution in [3.8, 4) is 11.4 Å². The molecule has 9 heteroatoms. The average molecular weight is 362 g/mol. The predicted molar refractivity (Wildman–Crippen MR) is 86.1 cm³/mol.